The van der Waals surface area contributed by atoms with Gasteiger partial charge < -0.3 is 23.4 Å². The normalized spacial score (nSPS) is 17.2. The van der Waals surface area contributed by atoms with Gasteiger partial charge in [0.05, 0.1) is 10.9 Å². The molecule has 2 aliphatic heterocycles. The summed E-state index contributed by atoms with van der Waals surface area (Å²) in [6.07, 6.45) is 2.00. The highest BCUT2D eigenvalue weighted by Crippen LogP contribution is 2.34. The molecule has 36 heavy (non-hydrogen) atoms. The zero-order chi connectivity index (χ0) is 25.4. The lowest BCUT2D eigenvalue weighted by atomic mass is 10.0. The van der Waals surface area contributed by atoms with E-state index in [0.29, 0.717) is 60.6 Å². The van der Waals surface area contributed by atoms with Gasteiger partial charge in [-0.2, -0.15) is 0 Å². The fourth-order valence-corrected chi connectivity index (χ4v) is 4.32. The Hall–Kier alpha value is -4.01. The van der Waals surface area contributed by atoms with Gasteiger partial charge in [0.1, 0.15) is 42.5 Å². The monoisotopic (exact) mass is 493 g/mol. The molecule has 9 nitrogen and oxygen atoms in total. The smallest absolute Gasteiger partial charge is 0.411 e. The Bertz CT molecular complexity index is 1390. The van der Waals surface area contributed by atoms with E-state index in [1.165, 1.54) is 23.3 Å². The van der Waals surface area contributed by atoms with E-state index in [0.717, 1.165) is 0 Å². The Kier molecular flexibility index (Phi) is 6.07. The molecule has 9 heteroatoms. The zero-order valence-corrected chi connectivity index (χ0v) is 20.4. The second-order valence-corrected chi connectivity index (χ2v) is 9.75. The predicted molar refractivity (Wildman–Crippen MR) is 131 cm³/mol. The summed E-state index contributed by atoms with van der Waals surface area (Å²) in [7, 11) is 0. The van der Waals surface area contributed by atoms with E-state index in [2.05, 4.69) is 0 Å². The zero-order valence-electron chi connectivity index (χ0n) is 20.4. The largest absolute Gasteiger partial charge is 0.486 e. The van der Waals surface area contributed by atoms with Crippen LogP contribution in [-0.2, 0) is 9.53 Å². The molecule has 3 heterocycles. The van der Waals surface area contributed by atoms with Gasteiger partial charge in [-0.1, -0.05) is 6.07 Å². The lowest BCUT2D eigenvalue weighted by Gasteiger charge is -2.27. The van der Waals surface area contributed by atoms with Crippen molar-refractivity contribution < 1.29 is 33.0 Å². The molecule has 5 rings (SSSR count). The number of carbonyl (C=O) groups is 2. The third-order valence-electron chi connectivity index (χ3n) is 5.97. The molecule has 1 saturated heterocycles. The van der Waals surface area contributed by atoms with Crippen molar-refractivity contribution in [2.75, 3.05) is 19.8 Å². The molecule has 2 aromatic carbocycles. The van der Waals surface area contributed by atoms with Gasteiger partial charge >= 0.3 is 12.1 Å². The van der Waals surface area contributed by atoms with Crippen LogP contribution in [0.15, 0.2) is 51.9 Å². The van der Waals surface area contributed by atoms with Crippen LogP contribution in [0.5, 0.6) is 17.2 Å². The molecule has 0 aliphatic carbocycles. The molecule has 0 unspecified atom stereocenters. The molecule has 3 aromatic rings. The van der Waals surface area contributed by atoms with E-state index in [1.807, 2.05) is 0 Å². The maximum atomic E-state index is 13.2. The van der Waals surface area contributed by atoms with Gasteiger partial charge in [-0.05, 0) is 63.4 Å². The summed E-state index contributed by atoms with van der Waals surface area (Å²) in [5.41, 5.74) is 0.416. The third-order valence-corrected chi connectivity index (χ3v) is 5.97. The van der Waals surface area contributed by atoms with E-state index in [1.54, 1.807) is 45.0 Å². The van der Waals surface area contributed by atoms with Gasteiger partial charge in [-0.15, -0.1) is 0 Å². The van der Waals surface area contributed by atoms with Crippen molar-refractivity contribution in [2.45, 2.75) is 45.3 Å². The second-order valence-electron chi connectivity index (χ2n) is 9.75. The lowest BCUT2D eigenvalue weighted by Crippen LogP contribution is -2.44. The van der Waals surface area contributed by atoms with Gasteiger partial charge in [-0.25, -0.2) is 9.59 Å². The Labute approximate surface area is 207 Å². The highest BCUT2D eigenvalue weighted by Gasteiger charge is 2.38. The summed E-state index contributed by atoms with van der Waals surface area (Å²) in [4.78, 5) is 39.9. The minimum absolute atomic E-state index is 0.221. The topological polar surface area (TPSA) is 105 Å². The number of carbonyl (C=O) groups excluding carboxylic acids is 2. The minimum atomic E-state index is -0.736. The minimum Gasteiger partial charge on any atom is -0.486 e. The van der Waals surface area contributed by atoms with E-state index in [-0.39, 0.29) is 16.8 Å². The van der Waals surface area contributed by atoms with E-state index in [9.17, 15) is 14.4 Å². The fourth-order valence-electron chi connectivity index (χ4n) is 4.32. The summed E-state index contributed by atoms with van der Waals surface area (Å²) in [6, 6.07) is 9.15. The average Bonchev–Trinajstić information content (AvgIpc) is 3.34. The second kappa shape index (κ2) is 9.22. The molecular formula is C27H27NO8. The predicted octanol–water partition coefficient (Wildman–Crippen LogP) is 4.54. The van der Waals surface area contributed by atoms with Crippen molar-refractivity contribution in [2.24, 2.45) is 0 Å². The van der Waals surface area contributed by atoms with Crippen LogP contribution >= 0.6 is 0 Å². The molecule has 1 fully saturated rings. The molecule has 0 saturated carbocycles. The summed E-state index contributed by atoms with van der Waals surface area (Å²) < 4.78 is 27.9. The van der Waals surface area contributed by atoms with Crippen LogP contribution < -0.4 is 19.6 Å². The number of rotatable bonds is 3. The van der Waals surface area contributed by atoms with Crippen LogP contribution in [0, 0.1) is 0 Å². The maximum absolute atomic E-state index is 13.2. The number of esters is 1. The van der Waals surface area contributed by atoms with Crippen LogP contribution in [0.25, 0.3) is 22.1 Å². The maximum Gasteiger partial charge on any atom is 0.411 e. The number of fused-ring (bicyclic) bond motifs is 2. The number of hydrogen-bond donors (Lipinski definition) is 0. The molecule has 0 radical (unpaired) electrons. The molecule has 1 atom stereocenters. The van der Waals surface area contributed by atoms with Crippen molar-refractivity contribution in [3.05, 3.63) is 52.9 Å². The summed E-state index contributed by atoms with van der Waals surface area (Å²) >= 11 is 0. The Morgan fingerprint density at radius 2 is 1.81 bits per heavy atom. The Balaban J connectivity index is 1.35. The molecular weight excluding hydrogens is 466 g/mol. The molecule has 1 aromatic heterocycles. The number of likely N-dealkylation sites (tertiary alicyclic amines) is 1. The van der Waals surface area contributed by atoms with Gasteiger partial charge in [0.25, 0.3) is 0 Å². The Morgan fingerprint density at radius 1 is 1.03 bits per heavy atom. The van der Waals surface area contributed by atoms with Crippen molar-refractivity contribution in [1.29, 1.82) is 0 Å². The van der Waals surface area contributed by atoms with E-state index >= 15 is 0 Å². The number of nitrogens with zero attached hydrogens (tertiary/aromatic N) is 1. The average molecular weight is 494 g/mol. The molecule has 2 aliphatic rings. The molecule has 188 valence electrons. The molecule has 0 N–H and O–H groups in total. The van der Waals surface area contributed by atoms with Crippen LogP contribution in [0.4, 0.5) is 4.79 Å². The van der Waals surface area contributed by atoms with Crippen LogP contribution in [0.1, 0.15) is 33.6 Å². The highest BCUT2D eigenvalue weighted by molar-refractivity contribution is 5.86. The third kappa shape index (κ3) is 4.73. The SMILES string of the molecule is CC(C)(C)OC(=O)N1CCC[C@@H]1C(=O)Oc1ccc2c(=O)c(-c3ccc4c(c3)OCCO4)coc2c1. The molecule has 1 amide bonds. The van der Waals surface area contributed by atoms with Crippen molar-refractivity contribution in [3.8, 4) is 28.4 Å². The molecule has 0 spiro atoms. The number of ether oxygens (including phenoxy) is 4. The summed E-state index contributed by atoms with van der Waals surface area (Å²) in [5, 5.41) is 0.346. The van der Waals surface area contributed by atoms with Crippen LogP contribution in [-0.4, -0.2) is 48.4 Å². The number of benzene rings is 2. The van der Waals surface area contributed by atoms with Crippen molar-refractivity contribution in [3.63, 3.8) is 0 Å². The Morgan fingerprint density at radius 3 is 2.58 bits per heavy atom. The van der Waals surface area contributed by atoms with Crippen LogP contribution in [0.3, 0.4) is 0 Å². The quantitative estimate of drug-likeness (QED) is 0.387. The summed E-state index contributed by atoms with van der Waals surface area (Å²) in [5.74, 6) is 0.869. The van der Waals surface area contributed by atoms with Crippen molar-refractivity contribution >= 4 is 23.0 Å². The first-order chi connectivity index (χ1) is 17.2. The number of amides is 1. The standard InChI is InChI=1S/C27H27NO8/c1-27(2,3)36-26(31)28-10-4-5-20(28)25(30)35-17-7-8-18-22(14-17)34-15-19(24(18)29)16-6-9-21-23(13-16)33-12-11-32-21/h6-9,13-15,20H,4-5,10-12H2,1-3H3/t20-/m1/s1. The highest BCUT2D eigenvalue weighted by atomic mass is 16.6. The van der Waals surface area contributed by atoms with E-state index in [4.69, 9.17) is 23.4 Å². The van der Waals surface area contributed by atoms with Gasteiger partial charge in [0.15, 0.2) is 16.9 Å². The molecule has 0 bridgehead atoms. The van der Waals surface area contributed by atoms with E-state index < -0.39 is 23.7 Å². The lowest BCUT2D eigenvalue weighted by molar-refractivity contribution is -0.139. The van der Waals surface area contributed by atoms with Crippen LogP contribution in [0.2, 0.25) is 0 Å². The first-order valence-electron chi connectivity index (χ1n) is 11.9. The van der Waals surface area contributed by atoms with Gasteiger partial charge in [0, 0.05) is 12.6 Å². The number of hydrogen-bond acceptors (Lipinski definition) is 8. The van der Waals surface area contributed by atoms with Gasteiger partial charge in [-0.3, -0.25) is 9.69 Å². The summed E-state index contributed by atoms with van der Waals surface area (Å²) in [6.45, 7) is 6.67. The first-order valence-corrected chi connectivity index (χ1v) is 11.9. The first kappa shape index (κ1) is 23.7. The fraction of sp³-hybridized carbons (Fsp3) is 0.370. The van der Waals surface area contributed by atoms with Gasteiger partial charge in [0.2, 0.25) is 0 Å². The van der Waals surface area contributed by atoms with Crippen molar-refractivity contribution in [1.82, 2.24) is 4.90 Å².